The number of carbonyl (C=O) groups is 1. The summed E-state index contributed by atoms with van der Waals surface area (Å²) in [5, 5.41) is 9.55. The van der Waals surface area contributed by atoms with Crippen LogP contribution in [0.1, 0.15) is 26.7 Å². The van der Waals surface area contributed by atoms with Crippen molar-refractivity contribution in [3.05, 3.63) is 0 Å². The van der Waals surface area contributed by atoms with Crippen molar-refractivity contribution in [2.24, 2.45) is 5.41 Å². The fraction of sp³-hybridized carbons (Fsp3) is 0.933. The van der Waals surface area contributed by atoms with Crippen LogP contribution < -0.4 is 0 Å². The molecule has 1 unspecified atom stereocenters. The van der Waals surface area contributed by atoms with Crippen LogP contribution in [0.25, 0.3) is 0 Å². The molecule has 0 spiro atoms. The van der Waals surface area contributed by atoms with E-state index < -0.39 is 5.97 Å². The maximum Gasteiger partial charge on any atom is 0.321 e. The summed E-state index contributed by atoms with van der Waals surface area (Å²) in [4.78, 5) is 18.6. The smallest absolute Gasteiger partial charge is 0.321 e. The molecular formula is C15H29N3O2. The molecule has 0 saturated carbocycles. The molecule has 0 amide bonds. The van der Waals surface area contributed by atoms with Crippen LogP contribution in [0, 0.1) is 5.41 Å². The highest BCUT2D eigenvalue weighted by Crippen LogP contribution is 2.35. The third-order valence-electron chi connectivity index (χ3n) is 4.91. The fourth-order valence-electron chi connectivity index (χ4n) is 3.57. The second kappa shape index (κ2) is 6.41. The van der Waals surface area contributed by atoms with Crippen molar-refractivity contribution in [1.29, 1.82) is 0 Å². The molecule has 0 bridgehead atoms. The van der Waals surface area contributed by atoms with Crippen molar-refractivity contribution in [1.82, 2.24) is 14.7 Å². The van der Waals surface area contributed by atoms with Crippen LogP contribution in [0.4, 0.5) is 0 Å². The number of likely N-dealkylation sites (N-methyl/N-ethyl adjacent to an activating group) is 1. The van der Waals surface area contributed by atoms with Gasteiger partial charge < -0.3 is 10.0 Å². The number of likely N-dealkylation sites (tertiary alicyclic amines) is 1. The lowest BCUT2D eigenvalue weighted by Crippen LogP contribution is -2.56. The molecular weight excluding hydrogens is 254 g/mol. The zero-order valence-electron chi connectivity index (χ0n) is 13.1. The van der Waals surface area contributed by atoms with E-state index >= 15 is 0 Å². The molecule has 2 aliphatic rings. The monoisotopic (exact) mass is 283 g/mol. The van der Waals surface area contributed by atoms with Crippen molar-refractivity contribution in [3.63, 3.8) is 0 Å². The van der Waals surface area contributed by atoms with E-state index in [4.69, 9.17) is 0 Å². The Morgan fingerprint density at radius 1 is 1.15 bits per heavy atom. The Balaban J connectivity index is 1.88. The average molecular weight is 283 g/mol. The van der Waals surface area contributed by atoms with Gasteiger partial charge in [0.25, 0.3) is 0 Å². The third kappa shape index (κ3) is 3.71. The number of hydrogen-bond acceptors (Lipinski definition) is 4. The van der Waals surface area contributed by atoms with E-state index in [1.54, 1.807) is 0 Å². The van der Waals surface area contributed by atoms with Crippen LogP contribution in [0.15, 0.2) is 0 Å². The van der Waals surface area contributed by atoms with Crippen LogP contribution >= 0.6 is 0 Å². The number of rotatable bonds is 4. The summed E-state index contributed by atoms with van der Waals surface area (Å²) < 4.78 is 0. The minimum absolute atomic E-state index is 0.119. The van der Waals surface area contributed by atoms with E-state index in [0.29, 0.717) is 0 Å². The Morgan fingerprint density at radius 3 is 2.40 bits per heavy atom. The van der Waals surface area contributed by atoms with E-state index in [-0.39, 0.29) is 11.5 Å². The van der Waals surface area contributed by atoms with Gasteiger partial charge in [-0.25, -0.2) is 0 Å². The van der Waals surface area contributed by atoms with Crippen LogP contribution in [0.5, 0.6) is 0 Å². The van der Waals surface area contributed by atoms with Gasteiger partial charge in [0.05, 0.1) is 0 Å². The first-order chi connectivity index (χ1) is 9.40. The zero-order chi connectivity index (χ0) is 14.8. The molecule has 2 saturated heterocycles. The van der Waals surface area contributed by atoms with Crippen LogP contribution in [-0.4, -0.2) is 84.7 Å². The van der Waals surface area contributed by atoms with Gasteiger partial charge in [0, 0.05) is 39.3 Å². The first-order valence-corrected chi connectivity index (χ1v) is 7.78. The Bertz CT molecular complexity index is 338. The van der Waals surface area contributed by atoms with E-state index in [1.165, 1.54) is 0 Å². The highest BCUT2D eigenvalue weighted by Gasteiger charge is 2.42. The summed E-state index contributed by atoms with van der Waals surface area (Å²) >= 11 is 0. The molecule has 5 heteroatoms. The summed E-state index contributed by atoms with van der Waals surface area (Å²) in [6, 6.07) is -0.330. The van der Waals surface area contributed by atoms with Gasteiger partial charge in [-0.2, -0.15) is 0 Å². The fourth-order valence-corrected chi connectivity index (χ4v) is 3.57. The third-order valence-corrected chi connectivity index (χ3v) is 4.91. The first-order valence-electron chi connectivity index (χ1n) is 7.78. The highest BCUT2D eigenvalue weighted by molar-refractivity contribution is 5.74. The molecule has 0 aromatic carbocycles. The maximum absolute atomic E-state index is 11.6. The molecule has 1 N–H and O–H groups in total. The van der Waals surface area contributed by atoms with E-state index in [2.05, 4.69) is 35.6 Å². The van der Waals surface area contributed by atoms with Gasteiger partial charge in [0.15, 0.2) is 0 Å². The van der Waals surface area contributed by atoms with Gasteiger partial charge in [-0.15, -0.1) is 0 Å². The molecule has 2 aliphatic heterocycles. The lowest BCUT2D eigenvalue weighted by molar-refractivity contribution is -0.150. The van der Waals surface area contributed by atoms with E-state index in [0.717, 1.165) is 58.7 Å². The minimum atomic E-state index is -0.659. The number of piperidine rings is 1. The topological polar surface area (TPSA) is 47.0 Å². The molecule has 5 nitrogen and oxygen atoms in total. The number of carboxylic acids is 1. The molecule has 2 heterocycles. The minimum Gasteiger partial charge on any atom is -0.480 e. The lowest BCUT2D eigenvalue weighted by Gasteiger charge is -2.45. The summed E-state index contributed by atoms with van der Waals surface area (Å²) in [6.45, 7) is 11.4. The van der Waals surface area contributed by atoms with Crippen LogP contribution in [-0.2, 0) is 4.79 Å². The van der Waals surface area contributed by atoms with Crippen LogP contribution in [0.3, 0.4) is 0 Å². The lowest BCUT2D eigenvalue weighted by atomic mass is 9.76. The molecule has 1 atom stereocenters. The Morgan fingerprint density at radius 2 is 1.80 bits per heavy atom. The predicted octanol–water partition coefficient (Wildman–Crippen LogP) is 0.809. The molecule has 2 rings (SSSR count). The largest absolute Gasteiger partial charge is 0.480 e. The second-order valence-electron chi connectivity index (χ2n) is 7.01. The maximum atomic E-state index is 11.6. The molecule has 2 fully saturated rings. The Hall–Kier alpha value is -0.650. The average Bonchev–Trinajstić information content (AvgIpc) is 2.36. The summed E-state index contributed by atoms with van der Waals surface area (Å²) in [7, 11) is 2.16. The second-order valence-corrected chi connectivity index (χ2v) is 7.01. The molecule has 0 radical (unpaired) electrons. The summed E-state index contributed by atoms with van der Waals surface area (Å²) in [6.07, 6.45) is 2.12. The molecule has 20 heavy (non-hydrogen) atoms. The number of aliphatic carboxylic acids is 1. The van der Waals surface area contributed by atoms with Crippen molar-refractivity contribution in [2.75, 3.05) is 52.9 Å². The quantitative estimate of drug-likeness (QED) is 0.827. The van der Waals surface area contributed by atoms with Gasteiger partial charge >= 0.3 is 5.97 Å². The van der Waals surface area contributed by atoms with Crippen molar-refractivity contribution in [3.8, 4) is 0 Å². The first kappa shape index (κ1) is 15.7. The standard InChI is InChI=1S/C15H29N3O2/c1-15(2)5-4-6-18(13(15)14(19)20)12-11-17-9-7-16(3)8-10-17/h13H,4-12H2,1-3H3,(H,19,20). The summed E-state index contributed by atoms with van der Waals surface area (Å²) in [5.41, 5.74) is -0.119. The number of hydrogen-bond donors (Lipinski definition) is 1. The number of carboxylic acid groups (broad SMARTS) is 1. The normalized spacial score (nSPS) is 29.4. The van der Waals surface area contributed by atoms with Crippen LogP contribution in [0.2, 0.25) is 0 Å². The van der Waals surface area contributed by atoms with Crippen molar-refractivity contribution in [2.45, 2.75) is 32.7 Å². The van der Waals surface area contributed by atoms with Gasteiger partial charge in [-0.1, -0.05) is 13.8 Å². The van der Waals surface area contributed by atoms with Gasteiger partial charge in [0.1, 0.15) is 6.04 Å². The van der Waals surface area contributed by atoms with E-state index in [9.17, 15) is 9.90 Å². The summed E-state index contributed by atoms with van der Waals surface area (Å²) in [5.74, 6) is -0.659. The molecule has 116 valence electrons. The number of nitrogens with zero attached hydrogens (tertiary/aromatic N) is 3. The molecule has 0 aliphatic carbocycles. The highest BCUT2D eigenvalue weighted by atomic mass is 16.4. The van der Waals surface area contributed by atoms with Crippen molar-refractivity contribution >= 4 is 5.97 Å². The zero-order valence-corrected chi connectivity index (χ0v) is 13.1. The Kier molecular flexibility index (Phi) is 5.04. The van der Waals surface area contributed by atoms with Gasteiger partial charge in [-0.05, 0) is 31.8 Å². The predicted molar refractivity (Wildman–Crippen MR) is 79.9 cm³/mol. The molecule has 0 aromatic heterocycles. The van der Waals surface area contributed by atoms with Crippen molar-refractivity contribution < 1.29 is 9.90 Å². The molecule has 0 aromatic rings. The SMILES string of the molecule is CN1CCN(CCN2CCCC(C)(C)C2C(=O)O)CC1. The van der Waals surface area contributed by atoms with Gasteiger partial charge in [-0.3, -0.25) is 14.6 Å². The van der Waals surface area contributed by atoms with Gasteiger partial charge in [0.2, 0.25) is 0 Å². The number of piperazine rings is 1. The Labute approximate surface area is 122 Å². The van der Waals surface area contributed by atoms with E-state index in [1.807, 2.05) is 0 Å².